The van der Waals surface area contributed by atoms with E-state index in [0.29, 0.717) is 35.3 Å². The number of fused-ring (bicyclic) bond motifs is 1. The Morgan fingerprint density at radius 1 is 1.06 bits per heavy atom. The first kappa shape index (κ1) is 21.5. The summed E-state index contributed by atoms with van der Waals surface area (Å²) in [5.41, 5.74) is 3.01. The highest BCUT2D eigenvalue weighted by Gasteiger charge is 2.19. The maximum absolute atomic E-state index is 13.8. The van der Waals surface area contributed by atoms with Crippen LogP contribution in [0.25, 0.3) is 22.2 Å². The Labute approximate surface area is 184 Å². The average Bonchev–Trinajstić information content (AvgIpc) is 3.23. The second-order valence-corrected chi connectivity index (χ2v) is 7.21. The smallest absolute Gasteiger partial charge is 0.338 e. The maximum atomic E-state index is 13.8. The van der Waals surface area contributed by atoms with E-state index in [4.69, 9.17) is 9.47 Å². The van der Waals surface area contributed by atoms with Crippen LogP contribution >= 0.6 is 0 Å². The summed E-state index contributed by atoms with van der Waals surface area (Å²) in [7, 11) is 1.59. The van der Waals surface area contributed by atoms with Gasteiger partial charge in [0.25, 0.3) is 6.43 Å². The lowest BCUT2D eigenvalue weighted by molar-refractivity contribution is 0.0526. The van der Waals surface area contributed by atoms with Crippen LogP contribution in [-0.4, -0.2) is 29.2 Å². The summed E-state index contributed by atoms with van der Waals surface area (Å²) in [5.74, 6) is 0.327. The summed E-state index contributed by atoms with van der Waals surface area (Å²) < 4.78 is 39.6. The molecule has 0 bridgehead atoms. The van der Waals surface area contributed by atoms with Gasteiger partial charge in [0.2, 0.25) is 0 Å². The number of alkyl halides is 2. The molecule has 7 heteroatoms. The molecular formula is C25H22F2N2O3. The largest absolute Gasteiger partial charge is 0.497 e. The molecule has 32 heavy (non-hydrogen) atoms. The van der Waals surface area contributed by atoms with Crippen molar-refractivity contribution in [3.63, 3.8) is 0 Å². The van der Waals surface area contributed by atoms with Gasteiger partial charge in [-0.05, 0) is 42.8 Å². The number of pyridine rings is 1. The van der Waals surface area contributed by atoms with Crippen molar-refractivity contribution >= 4 is 16.9 Å². The van der Waals surface area contributed by atoms with Gasteiger partial charge >= 0.3 is 5.97 Å². The normalized spacial score (nSPS) is 11.2. The zero-order valence-corrected chi connectivity index (χ0v) is 17.7. The minimum Gasteiger partial charge on any atom is -0.497 e. The summed E-state index contributed by atoms with van der Waals surface area (Å²) in [6, 6.07) is 16.1. The molecule has 0 atom stereocenters. The Morgan fingerprint density at radius 2 is 1.78 bits per heavy atom. The monoisotopic (exact) mass is 436 g/mol. The molecule has 2 heterocycles. The molecule has 0 amide bonds. The number of hydrogen-bond acceptors (Lipinski definition) is 4. The van der Waals surface area contributed by atoms with Crippen molar-refractivity contribution < 1.29 is 23.0 Å². The van der Waals surface area contributed by atoms with Gasteiger partial charge in [-0.2, -0.15) is 0 Å². The fourth-order valence-corrected chi connectivity index (χ4v) is 3.68. The number of ether oxygens (including phenoxy) is 2. The fourth-order valence-electron chi connectivity index (χ4n) is 3.68. The minimum absolute atomic E-state index is 0.120. The molecule has 4 rings (SSSR count). The first-order chi connectivity index (χ1) is 15.5. The van der Waals surface area contributed by atoms with Crippen LogP contribution < -0.4 is 4.74 Å². The Kier molecular flexibility index (Phi) is 6.16. The highest BCUT2D eigenvalue weighted by atomic mass is 19.3. The van der Waals surface area contributed by atoms with Crippen molar-refractivity contribution in [1.82, 2.24) is 9.55 Å². The van der Waals surface area contributed by atoms with Crippen LogP contribution in [0.5, 0.6) is 5.75 Å². The number of aromatic nitrogens is 2. The van der Waals surface area contributed by atoms with E-state index in [1.807, 2.05) is 24.3 Å². The number of carbonyl (C=O) groups excluding carboxylic acids is 1. The number of nitrogens with zero attached hydrogens (tertiary/aromatic N) is 2. The average molecular weight is 436 g/mol. The van der Waals surface area contributed by atoms with Gasteiger partial charge in [-0.15, -0.1) is 0 Å². The first-order valence-corrected chi connectivity index (χ1v) is 10.2. The van der Waals surface area contributed by atoms with Crippen LogP contribution in [0.4, 0.5) is 8.78 Å². The van der Waals surface area contributed by atoms with Crippen molar-refractivity contribution in [1.29, 1.82) is 0 Å². The van der Waals surface area contributed by atoms with E-state index < -0.39 is 12.4 Å². The van der Waals surface area contributed by atoms with E-state index in [1.54, 1.807) is 55.1 Å². The summed E-state index contributed by atoms with van der Waals surface area (Å²) in [6.07, 6.45) is 0.361. The molecule has 2 aromatic heterocycles. The van der Waals surface area contributed by atoms with Gasteiger partial charge in [-0.25, -0.2) is 13.6 Å². The summed E-state index contributed by atoms with van der Waals surface area (Å²) in [5, 5.41) is 0.625. The minimum atomic E-state index is -2.66. The summed E-state index contributed by atoms with van der Waals surface area (Å²) in [4.78, 5) is 16.2. The van der Waals surface area contributed by atoms with Gasteiger partial charge in [-0.1, -0.05) is 24.3 Å². The van der Waals surface area contributed by atoms with Gasteiger partial charge in [-0.3, -0.25) is 4.98 Å². The molecule has 0 saturated heterocycles. The zero-order chi connectivity index (χ0) is 22.7. The molecule has 5 nitrogen and oxygen atoms in total. The van der Waals surface area contributed by atoms with Crippen LogP contribution in [0.2, 0.25) is 0 Å². The van der Waals surface area contributed by atoms with Gasteiger partial charge < -0.3 is 14.0 Å². The summed E-state index contributed by atoms with van der Waals surface area (Å²) >= 11 is 0. The lowest BCUT2D eigenvalue weighted by atomic mass is 10.0. The molecule has 0 N–H and O–H groups in total. The highest BCUT2D eigenvalue weighted by molar-refractivity contribution is 5.96. The molecule has 0 fully saturated rings. The molecule has 0 spiro atoms. The van der Waals surface area contributed by atoms with Crippen LogP contribution in [0.1, 0.15) is 34.8 Å². The van der Waals surface area contributed by atoms with Gasteiger partial charge in [0.15, 0.2) is 0 Å². The molecule has 0 unspecified atom stereocenters. The van der Waals surface area contributed by atoms with Gasteiger partial charge in [0.05, 0.1) is 36.1 Å². The number of methoxy groups -OCH3 is 1. The van der Waals surface area contributed by atoms with Crippen molar-refractivity contribution in [2.24, 2.45) is 0 Å². The van der Waals surface area contributed by atoms with E-state index in [1.165, 1.54) is 6.20 Å². The Morgan fingerprint density at radius 3 is 2.41 bits per heavy atom. The van der Waals surface area contributed by atoms with E-state index in [9.17, 15) is 13.6 Å². The Balaban J connectivity index is 1.75. The lowest BCUT2D eigenvalue weighted by Crippen LogP contribution is -2.04. The van der Waals surface area contributed by atoms with Crippen LogP contribution in [-0.2, 0) is 11.3 Å². The highest BCUT2D eigenvalue weighted by Crippen LogP contribution is 2.34. The molecule has 4 aromatic rings. The fraction of sp³-hybridized carbons (Fsp3) is 0.200. The number of esters is 1. The van der Waals surface area contributed by atoms with E-state index >= 15 is 0 Å². The predicted molar refractivity (Wildman–Crippen MR) is 118 cm³/mol. The summed E-state index contributed by atoms with van der Waals surface area (Å²) in [6.45, 7) is 2.46. The molecule has 0 aliphatic heterocycles. The van der Waals surface area contributed by atoms with Crippen molar-refractivity contribution in [3.05, 3.63) is 83.7 Å². The molecule has 164 valence electrons. The predicted octanol–water partition coefficient (Wildman–Crippen LogP) is 5.87. The van der Waals surface area contributed by atoms with Crippen molar-refractivity contribution in [3.8, 4) is 17.0 Å². The number of rotatable bonds is 7. The van der Waals surface area contributed by atoms with E-state index in [-0.39, 0.29) is 5.56 Å². The molecule has 0 aliphatic carbocycles. The molecule has 0 saturated carbocycles. The molecule has 2 aromatic carbocycles. The van der Waals surface area contributed by atoms with Gasteiger partial charge in [0, 0.05) is 29.9 Å². The third-order valence-corrected chi connectivity index (χ3v) is 5.24. The quantitative estimate of drug-likeness (QED) is 0.340. The number of halogens is 2. The lowest BCUT2D eigenvalue weighted by Gasteiger charge is -2.12. The second kappa shape index (κ2) is 9.18. The molecule has 0 aliphatic rings. The molecule has 0 radical (unpaired) electrons. The number of benzene rings is 2. The molecular weight excluding hydrogens is 414 g/mol. The standard InChI is InChI=1S/C25H22F2N2O3/c1-3-32-25(30)18-8-6-17(7-9-18)22-20-12-13-29(23(20)21(14-28-22)24(26)27)15-16-4-10-19(31-2)11-5-16/h4-14,24H,3,15H2,1-2H3. The van der Waals surface area contributed by atoms with Gasteiger partial charge in [0.1, 0.15) is 5.75 Å². The third-order valence-electron chi connectivity index (χ3n) is 5.24. The SMILES string of the molecule is CCOC(=O)c1ccc(-c2ncc(C(F)F)c3c2ccn3Cc2ccc(OC)cc2)cc1. The topological polar surface area (TPSA) is 53.3 Å². The van der Waals surface area contributed by atoms with Crippen LogP contribution in [0.3, 0.4) is 0 Å². The first-order valence-electron chi connectivity index (χ1n) is 10.2. The van der Waals surface area contributed by atoms with Crippen molar-refractivity contribution in [2.75, 3.05) is 13.7 Å². The number of hydrogen-bond donors (Lipinski definition) is 0. The van der Waals surface area contributed by atoms with Crippen molar-refractivity contribution in [2.45, 2.75) is 19.9 Å². The van der Waals surface area contributed by atoms with Crippen LogP contribution in [0, 0.1) is 0 Å². The maximum Gasteiger partial charge on any atom is 0.338 e. The van der Waals surface area contributed by atoms with E-state index in [2.05, 4.69) is 4.98 Å². The Bertz CT molecular complexity index is 1230. The number of carbonyl (C=O) groups is 1. The third kappa shape index (κ3) is 4.19. The second-order valence-electron chi connectivity index (χ2n) is 7.21. The van der Waals surface area contributed by atoms with Crippen LogP contribution in [0.15, 0.2) is 67.0 Å². The zero-order valence-electron chi connectivity index (χ0n) is 17.7. The Hall–Kier alpha value is -3.74. The van der Waals surface area contributed by atoms with E-state index in [0.717, 1.165) is 16.9 Å².